The quantitative estimate of drug-likeness (QED) is 0.829. The summed E-state index contributed by atoms with van der Waals surface area (Å²) < 4.78 is 16.4. The maximum atomic E-state index is 12.1. The average Bonchev–Trinajstić information content (AvgIpc) is 3.01. The van der Waals surface area contributed by atoms with Gasteiger partial charge >= 0.3 is 6.09 Å². The first-order valence-electron chi connectivity index (χ1n) is 8.85. The fourth-order valence-electron chi connectivity index (χ4n) is 2.77. The summed E-state index contributed by atoms with van der Waals surface area (Å²) in [5, 5.41) is 3.91. The fourth-order valence-corrected chi connectivity index (χ4v) is 2.77. The highest BCUT2D eigenvalue weighted by atomic mass is 16.6. The van der Waals surface area contributed by atoms with E-state index < -0.39 is 5.60 Å². The molecule has 1 aliphatic rings. The Bertz CT molecular complexity index is 741. The number of benzene rings is 1. The Morgan fingerprint density at radius 2 is 1.85 bits per heavy atom. The summed E-state index contributed by atoms with van der Waals surface area (Å²) in [6, 6.07) is 7.63. The molecule has 1 saturated heterocycles. The average molecular weight is 359 g/mol. The van der Waals surface area contributed by atoms with Crippen LogP contribution in [0, 0.1) is 6.92 Å². The molecule has 1 amide bonds. The lowest BCUT2D eigenvalue weighted by Crippen LogP contribution is -2.44. The van der Waals surface area contributed by atoms with Gasteiger partial charge in [0, 0.05) is 38.4 Å². The van der Waals surface area contributed by atoms with E-state index in [0.29, 0.717) is 24.8 Å². The van der Waals surface area contributed by atoms with Gasteiger partial charge in [0.15, 0.2) is 0 Å². The molecule has 26 heavy (non-hydrogen) atoms. The van der Waals surface area contributed by atoms with Crippen molar-refractivity contribution in [3.63, 3.8) is 0 Å². The number of hydrogen-bond acceptors (Lipinski definition) is 6. The molecule has 0 saturated carbocycles. The van der Waals surface area contributed by atoms with Crippen LogP contribution in [0.3, 0.4) is 0 Å². The molecule has 2 aromatic rings. The summed E-state index contributed by atoms with van der Waals surface area (Å²) in [5.41, 5.74) is 0.414. The number of nitrogens with zero attached hydrogens (tertiary/aromatic N) is 3. The van der Waals surface area contributed by atoms with E-state index in [1.165, 1.54) is 0 Å². The zero-order valence-corrected chi connectivity index (χ0v) is 15.7. The summed E-state index contributed by atoms with van der Waals surface area (Å²) in [4.78, 5) is 18.0. The monoisotopic (exact) mass is 359 g/mol. The van der Waals surface area contributed by atoms with Crippen molar-refractivity contribution in [2.75, 3.05) is 13.1 Å². The molecule has 1 fully saturated rings. The lowest BCUT2D eigenvalue weighted by Gasteiger charge is -2.33. The SMILES string of the molecule is Cc1nc(-c2ccc(OC3CCN(C(=O)OC(C)(C)C)CC3)cc2)no1. The minimum Gasteiger partial charge on any atom is -0.490 e. The van der Waals surface area contributed by atoms with Crippen LogP contribution in [-0.2, 0) is 4.74 Å². The third-order valence-corrected chi connectivity index (χ3v) is 4.04. The highest BCUT2D eigenvalue weighted by Crippen LogP contribution is 2.23. The van der Waals surface area contributed by atoms with Crippen LogP contribution < -0.4 is 4.74 Å². The van der Waals surface area contributed by atoms with E-state index in [0.717, 1.165) is 24.2 Å². The van der Waals surface area contributed by atoms with Crippen molar-refractivity contribution in [3.8, 4) is 17.1 Å². The van der Waals surface area contributed by atoms with Crippen molar-refractivity contribution in [1.82, 2.24) is 15.0 Å². The van der Waals surface area contributed by atoms with Gasteiger partial charge in [-0.2, -0.15) is 4.98 Å². The standard InChI is InChI=1S/C19H25N3O4/c1-13-20-17(21-26-13)14-5-7-15(8-6-14)24-16-9-11-22(12-10-16)18(23)25-19(2,3)4/h5-8,16H,9-12H2,1-4H3. The Morgan fingerprint density at radius 3 is 2.38 bits per heavy atom. The maximum absolute atomic E-state index is 12.1. The van der Waals surface area contributed by atoms with Gasteiger partial charge in [-0.1, -0.05) is 5.16 Å². The second-order valence-electron chi connectivity index (χ2n) is 7.45. The maximum Gasteiger partial charge on any atom is 0.410 e. The Morgan fingerprint density at radius 1 is 1.19 bits per heavy atom. The number of rotatable bonds is 3. The van der Waals surface area contributed by atoms with E-state index in [1.807, 2.05) is 45.0 Å². The minimum absolute atomic E-state index is 0.0898. The van der Waals surface area contributed by atoms with E-state index in [2.05, 4.69) is 10.1 Å². The van der Waals surface area contributed by atoms with E-state index in [1.54, 1.807) is 11.8 Å². The molecule has 0 aliphatic carbocycles. The van der Waals surface area contributed by atoms with Crippen molar-refractivity contribution in [1.29, 1.82) is 0 Å². The van der Waals surface area contributed by atoms with Crippen LogP contribution in [0.15, 0.2) is 28.8 Å². The molecule has 0 N–H and O–H groups in total. The van der Waals surface area contributed by atoms with E-state index >= 15 is 0 Å². The Balaban J connectivity index is 1.51. The predicted molar refractivity (Wildman–Crippen MR) is 95.9 cm³/mol. The first-order valence-corrected chi connectivity index (χ1v) is 8.85. The molecule has 7 nitrogen and oxygen atoms in total. The van der Waals surface area contributed by atoms with E-state index in [-0.39, 0.29) is 12.2 Å². The summed E-state index contributed by atoms with van der Waals surface area (Å²) >= 11 is 0. The predicted octanol–water partition coefficient (Wildman–Crippen LogP) is 3.82. The number of piperidine rings is 1. The highest BCUT2D eigenvalue weighted by Gasteiger charge is 2.27. The summed E-state index contributed by atoms with van der Waals surface area (Å²) in [5.74, 6) is 1.90. The largest absolute Gasteiger partial charge is 0.490 e. The van der Waals surface area contributed by atoms with Crippen molar-refractivity contribution >= 4 is 6.09 Å². The van der Waals surface area contributed by atoms with Gasteiger partial charge in [-0.15, -0.1) is 0 Å². The molecule has 0 radical (unpaired) electrons. The van der Waals surface area contributed by atoms with Gasteiger partial charge in [-0.05, 0) is 45.0 Å². The number of aromatic nitrogens is 2. The van der Waals surface area contributed by atoms with Gasteiger partial charge in [-0.25, -0.2) is 4.79 Å². The highest BCUT2D eigenvalue weighted by molar-refractivity contribution is 5.68. The zero-order chi connectivity index (χ0) is 18.7. The third kappa shape index (κ3) is 4.74. The number of carbonyl (C=O) groups excluding carboxylic acids is 1. The van der Waals surface area contributed by atoms with Crippen LogP contribution in [0.25, 0.3) is 11.4 Å². The number of hydrogen-bond donors (Lipinski definition) is 0. The Labute approximate surface area is 153 Å². The van der Waals surface area contributed by atoms with Gasteiger partial charge < -0.3 is 18.9 Å². The lowest BCUT2D eigenvalue weighted by molar-refractivity contribution is 0.0126. The lowest BCUT2D eigenvalue weighted by atomic mass is 10.1. The van der Waals surface area contributed by atoms with Gasteiger partial charge in [0.25, 0.3) is 0 Å². The van der Waals surface area contributed by atoms with Gasteiger partial charge in [0.1, 0.15) is 17.5 Å². The first kappa shape index (κ1) is 18.2. The van der Waals surface area contributed by atoms with Crippen LogP contribution in [0.2, 0.25) is 0 Å². The molecular formula is C19H25N3O4. The van der Waals surface area contributed by atoms with Crippen LogP contribution in [0.5, 0.6) is 5.75 Å². The van der Waals surface area contributed by atoms with Crippen LogP contribution in [0.4, 0.5) is 4.79 Å². The Hall–Kier alpha value is -2.57. The summed E-state index contributed by atoms with van der Waals surface area (Å²) in [6.07, 6.45) is 1.40. The first-order chi connectivity index (χ1) is 12.3. The smallest absolute Gasteiger partial charge is 0.410 e. The molecule has 3 rings (SSSR count). The van der Waals surface area contributed by atoms with Crippen molar-refractivity contribution in [2.45, 2.75) is 52.2 Å². The molecule has 1 aromatic carbocycles. The Kier molecular flexibility index (Phi) is 5.15. The van der Waals surface area contributed by atoms with E-state index in [9.17, 15) is 4.79 Å². The molecule has 7 heteroatoms. The molecule has 0 spiro atoms. The number of carbonyl (C=O) groups is 1. The van der Waals surface area contributed by atoms with Gasteiger partial charge in [0.05, 0.1) is 0 Å². The van der Waals surface area contributed by atoms with Crippen LogP contribution >= 0.6 is 0 Å². The number of ether oxygens (including phenoxy) is 2. The van der Waals surface area contributed by atoms with Crippen molar-refractivity contribution in [2.24, 2.45) is 0 Å². The summed E-state index contributed by atoms with van der Waals surface area (Å²) in [7, 11) is 0. The molecule has 1 aliphatic heterocycles. The normalized spacial score (nSPS) is 15.8. The number of amides is 1. The zero-order valence-electron chi connectivity index (χ0n) is 15.7. The van der Waals surface area contributed by atoms with Gasteiger partial charge in [0.2, 0.25) is 11.7 Å². The van der Waals surface area contributed by atoms with Crippen molar-refractivity contribution < 1.29 is 18.8 Å². The molecule has 0 atom stereocenters. The summed E-state index contributed by atoms with van der Waals surface area (Å²) in [6.45, 7) is 8.66. The molecule has 2 heterocycles. The number of likely N-dealkylation sites (tertiary alicyclic amines) is 1. The minimum atomic E-state index is -0.469. The van der Waals surface area contributed by atoms with Gasteiger partial charge in [-0.3, -0.25) is 0 Å². The van der Waals surface area contributed by atoms with E-state index in [4.69, 9.17) is 14.0 Å². The van der Waals surface area contributed by atoms with Crippen LogP contribution in [0.1, 0.15) is 39.5 Å². The molecular weight excluding hydrogens is 334 g/mol. The second-order valence-corrected chi connectivity index (χ2v) is 7.45. The third-order valence-electron chi connectivity index (χ3n) is 4.04. The topological polar surface area (TPSA) is 77.7 Å². The fraction of sp³-hybridized carbons (Fsp3) is 0.526. The molecule has 1 aromatic heterocycles. The van der Waals surface area contributed by atoms with Crippen molar-refractivity contribution in [3.05, 3.63) is 30.2 Å². The molecule has 140 valence electrons. The second kappa shape index (κ2) is 7.35. The van der Waals surface area contributed by atoms with Crippen LogP contribution in [-0.4, -0.2) is 45.9 Å². The number of aryl methyl sites for hydroxylation is 1. The molecule has 0 bridgehead atoms. The molecule has 0 unspecified atom stereocenters.